The zero-order valence-corrected chi connectivity index (χ0v) is 18.3. The molecular weight excluding hydrogens is 442 g/mol. The van der Waals surface area contributed by atoms with E-state index in [-0.39, 0.29) is 12.2 Å². The number of methoxy groups -OCH3 is 1. The molecule has 1 aliphatic heterocycles. The molecule has 164 valence electrons. The van der Waals surface area contributed by atoms with Gasteiger partial charge in [-0.1, -0.05) is 48.0 Å². The molecule has 7 nitrogen and oxygen atoms in total. The summed E-state index contributed by atoms with van der Waals surface area (Å²) in [5, 5.41) is 10.9. The fourth-order valence-electron chi connectivity index (χ4n) is 3.38. The minimum atomic E-state index is -0.552. The maximum absolute atomic E-state index is 13.0. The molecule has 2 amide bonds. The van der Waals surface area contributed by atoms with Crippen molar-refractivity contribution in [3.05, 3.63) is 94.0 Å². The van der Waals surface area contributed by atoms with E-state index in [1.54, 1.807) is 60.7 Å². The summed E-state index contributed by atoms with van der Waals surface area (Å²) >= 11 is 6.24. The van der Waals surface area contributed by atoms with Crippen LogP contribution in [0.3, 0.4) is 0 Å². The van der Waals surface area contributed by atoms with E-state index in [9.17, 15) is 14.9 Å². The van der Waals surface area contributed by atoms with Gasteiger partial charge < -0.3 is 9.47 Å². The van der Waals surface area contributed by atoms with Crippen LogP contribution in [0.2, 0.25) is 5.02 Å². The molecule has 1 aliphatic rings. The lowest BCUT2D eigenvalue weighted by atomic mass is 10.1. The van der Waals surface area contributed by atoms with Gasteiger partial charge >= 0.3 is 0 Å². The van der Waals surface area contributed by atoms with Crippen LogP contribution in [0.5, 0.6) is 11.5 Å². The second-order valence-electron chi connectivity index (χ2n) is 7.06. The third kappa shape index (κ3) is 4.52. The Hall–Kier alpha value is -4.28. The van der Waals surface area contributed by atoms with Gasteiger partial charge in [-0.2, -0.15) is 5.26 Å². The summed E-state index contributed by atoms with van der Waals surface area (Å²) in [6, 6.07) is 21.1. The molecule has 0 aliphatic carbocycles. The van der Waals surface area contributed by atoms with Gasteiger partial charge in [-0.25, -0.2) is 5.01 Å². The molecule has 0 atom stereocenters. The number of nitrogens with zero attached hydrogens (tertiary/aromatic N) is 2. The van der Waals surface area contributed by atoms with Crippen LogP contribution in [0.1, 0.15) is 16.7 Å². The van der Waals surface area contributed by atoms with Crippen LogP contribution >= 0.6 is 11.6 Å². The van der Waals surface area contributed by atoms with Crippen molar-refractivity contribution < 1.29 is 19.1 Å². The lowest BCUT2D eigenvalue weighted by Crippen LogP contribution is -2.35. The number of carbonyl (C=O) groups is 2. The Balaban J connectivity index is 1.71. The Morgan fingerprint density at radius 3 is 2.55 bits per heavy atom. The first-order valence-electron chi connectivity index (χ1n) is 9.92. The highest BCUT2D eigenvalue weighted by Crippen LogP contribution is 2.37. The summed E-state index contributed by atoms with van der Waals surface area (Å²) < 4.78 is 11.4. The highest BCUT2D eigenvalue weighted by atomic mass is 35.5. The third-order valence-corrected chi connectivity index (χ3v) is 5.20. The van der Waals surface area contributed by atoms with E-state index in [0.29, 0.717) is 38.9 Å². The van der Waals surface area contributed by atoms with Crippen molar-refractivity contribution in [1.82, 2.24) is 5.43 Å². The summed E-state index contributed by atoms with van der Waals surface area (Å²) in [6.07, 6.45) is 1.42. The number of benzene rings is 3. The number of anilines is 1. The molecule has 0 bridgehead atoms. The Labute approximate surface area is 195 Å². The van der Waals surface area contributed by atoms with Crippen LogP contribution < -0.4 is 19.9 Å². The number of rotatable bonds is 6. The van der Waals surface area contributed by atoms with Crippen molar-refractivity contribution in [3.8, 4) is 17.6 Å². The monoisotopic (exact) mass is 459 g/mol. The molecule has 1 heterocycles. The number of amides is 2. The lowest BCUT2D eigenvalue weighted by Gasteiger charge is -2.15. The predicted octanol–water partition coefficient (Wildman–Crippen LogP) is 4.26. The second-order valence-corrected chi connectivity index (χ2v) is 7.50. The van der Waals surface area contributed by atoms with Gasteiger partial charge in [0.15, 0.2) is 11.5 Å². The Morgan fingerprint density at radius 2 is 1.82 bits per heavy atom. The summed E-state index contributed by atoms with van der Waals surface area (Å²) in [5.41, 5.74) is 4.57. The normalized spacial score (nSPS) is 14.2. The standard InChI is InChI=1S/C25H18ClN3O4/c1-32-22-13-19(26)11-18(23(22)33-15-17-8-6-5-7-16(17)14-27)12-21-24(30)28-29(25(21)31)20-9-3-2-4-10-20/h2-13H,15H2,1H3,(H,28,30)/b21-12-. The van der Waals surface area contributed by atoms with Gasteiger partial charge in [0.05, 0.1) is 24.4 Å². The molecule has 0 aromatic heterocycles. The molecule has 3 aromatic carbocycles. The molecule has 8 heteroatoms. The summed E-state index contributed by atoms with van der Waals surface area (Å²) in [4.78, 5) is 25.6. The molecule has 33 heavy (non-hydrogen) atoms. The smallest absolute Gasteiger partial charge is 0.282 e. The Morgan fingerprint density at radius 1 is 1.09 bits per heavy atom. The van der Waals surface area contributed by atoms with Gasteiger partial charge in [0.2, 0.25) is 0 Å². The molecule has 0 radical (unpaired) electrons. The zero-order chi connectivity index (χ0) is 23.4. The highest BCUT2D eigenvalue weighted by Gasteiger charge is 2.34. The fraction of sp³-hybridized carbons (Fsp3) is 0.0800. The molecule has 0 unspecified atom stereocenters. The van der Waals surface area contributed by atoms with Gasteiger partial charge in [-0.3, -0.25) is 15.0 Å². The molecule has 1 fully saturated rings. The first kappa shape index (κ1) is 21.9. The van der Waals surface area contributed by atoms with Crippen LogP contribution in [-0.2, 0) is 16.2 Å². The van der Waals surface area contributed by atoms with E-state index in [1.165, 1.54) is 18.2 Å². The van der Waals surface area contributed by atoms with Crippen LogP contribution in [-0.4, -0.2) is 18.9 Å². The zero-order valence-electron chi connectivity index (χ0n) is 17.5. The number of ether oxygens (including phenoxy) is 2. The first-order chi connectivity index (χ1) is 16.0. The maximum Gasteiger partial charge on any atom is 0.282 e. The SMILES string of the molecule is COc1cc(Cl)cc(/C=C2/C(=O)NN(c3ccccc3)C2=O)c1OCc1ccccc1C#N. The van der Waals surface area contributed by atoms with Crippen LogP contribution in [0.4, 0.5) is 5.69 Å². The van der Waals surface area contributed by atoms with E-state index < -0.39 is 11.8 Å². The van der Waals surface area contributed by atoms with Crippen molar-refractivity contribution in [1.29, 1.82) is 5.26 Å². The molecule has 1 N–H and O–H groups in total. The van der Waals surface area contributed by atoms with Crippen LogP contribution in [0.15, 0.2) is 72.3 Å². The van der Waals surface area contributed by atoms with Crippen LogP contribution in [0.25, 0.3) is 6.08 Å². The van der Waals surface area contributed by atoms with Gasteiger partial charge in [0.1, 0.15) is 12.2 Å². The third-order valence-electron chi connectivity index (χ3n) is 4.98. The largest absolute Gasteiger partial charge is 0.493 e. The summed E-state index contributed by atoms with van der Waals surface area (Å²) in [7, 11) is 1.46. The van der Waals surface area contributed by atoms with Crippen molar-refractivity contribution in [2.75, 3.05) is 12.1 Å². The topological polar surface area (TPSA) is 91.7 Å². The second kappa shape index (κ2) is 9.47. The molecule has 3 aromatic rings. The van der Waals surface area contributed by atoms with E-state index in [2.05, 4.69) is 11.5 Å². The fourth-order valence-corrected chi connectivity index (χ4v) is 3.60. The molecule has 1 saturated heterocycles. The highest BCUT2D eigenvalue weighted by molar-refractivity contribution is 6.32. The lowest BCUT2D eigenvalue weighted by molar-refractivity contribution is -0.117. The number of nitrogens with one attached hydrogen (secondary N) is 1. The number of nitriles is 1. The van der Waals surface area contributed by atoms with Crippen molar-refractivity contribution in [2.45, 2.75) is 6.61 Å². The van der Waals surface area contributed by atoms with Gasteiger partial charge in [0, 0.05) is 22.2 Å². The molecular formula is C25H18ClN3O4. The first-order valence-corrected chi connectivity index (χ1v) is 10.3. The Bertz CT molecular complexity index is 1300. The van der Waals surface area contributed by atoms with E-state index in [1.807, 2.05) is 6.07 Å². The minimum absolute atomic E-state index is 0.0776. The molecule has 0 saturated carbocycles. The number of halogens is 1. The number of hydrazine groups is 1. The number of hydrogen-bond acceptors (Lipinski definition) is 5. The number of para-hydroxylation sites is 1. The van der Waals surface area contributed by atoms with E-state index >= 15 is 0 Å². The maximum atomic E-state index is 13.0. The summed E-state index contributed by atoms with van der Waals surface area (Å²) in [6.45, 7) is 0.0776. The average Bonchev–Trinajstić information content (AvgIpc) is 3.12. The van der Waals surface area contributed by atoms with Crippen molar-refractivity contribution in [2.24, 2.45) is 0 Å². The summed E-state index contributed by atoms with van der Waals surface area (Å²) in [5.74, 6) is -0.440. The van der Waals surface area contributed by atoms with Crippen LogP contribution in [0, 0.1) is 11.3 Å². The Kier molecular flexibility index (Phi) is 6.29. The molecule has 4 rings (SSSR count). The van der Waals surface area contributed by atoms with Gasteiger partial charge in [-0.15, -0.1) is 0 Å². The minimum Gasteiger partial charge on any atom is -0.493 e. The average molecular weight is 460 g/mol. The predicted molar refractivity (Wildman–Crippen MR) is 124 cm³/mol. The van der Waals surface area contributed by atoms with E-state index in [4.69, 9.17) is 21.1 Å². The van der Waals surface area contributed by atoms with Crippen molar-refractivity contribution >= 4 is 35.2 Å². The van der Waals surface area contributed by atoms with Crippen molar-refractivity contribution in [3.63, 3.8) is 0 Å². The number of hydrogen-bond donors (Lipinski definition) is 1. The molecule has 0 spiro atoms. The number of carbonyl (C=O) groups excluding carboxylic acids is 2. The van der Waals surface area contributed by atoms with Gasteiger partial charge in [0.25, 0.3) is 11.8 Å². The van der Waals surface area contributed by atoms with Gasteiger partial charge in [-0.05, 0) is 30.3 Å². The quantitative estimate of drug-likeness (QED) is 0.439. The van der Waals surface area contributed by atoms with E-state index in [0.717, 1.165) is 0 Å².